The maximum absolute atomic E-state index is 4.37. The summed E-state index contributed by atoms with van der Waals surface area (Å²) >= 11 is 0. The van der Waals surface area contributed by atoms with Gasteiger partial charge in [-0.3, -0.25) is 4.98 Å². The predicted molar refractivity (Wildman–Crippen MR) is 59.6 cm³/mol. The van der Waals surface area contributed by atoms with E-state index < -0.39 is 0 Å². The van der Waals surface area contributed by atoms with Crippen molar-refractivity contribution in [1.82, 2.24) is 20.3 Å². The van der Waals surface area contributed by atoms with Gasteiger partial charge in [-0.15, -0.1) is 0 Å². The molecule has 16 heavy (non-hydrogen) atoms. The van der Waals surface area contributed by atoms with Gasteiger partial charge in [-0.1, -0.05) is 0 Å². The molecule has 0 saturated heterocycles. The maximum Gasteiger partial charge on any atom is 0.116 e. The molecular formula is C12H12N4. The molecule has 1 N–H and O–H groups in total. The van der Waals surface area contributed by atoms with E-state index >= 15 is 0 Å². The van der Waals surface area contributed by atoms with E-state index in [0.717, 1.165) is 30.9 Å². The van der Waals surface area contributed by atoms with Crippen LogP contribution in [0, 0.1) is 0 Å². The fourth-order valence-corrected chi connectivity index (χ4v) is 2.00. The van der Waals surface area contributed by atoms with Crippen LogP contribution in [0.5, 0.6) is 0 Å². The monoisotopic (exact) mass is 212 g/mol. The first-order valence-corrected chi connectivity index (χ1v) is 5.35. The quantitative estimate of drug-likeness (QED) is 0.809. The number of hydrogen-bond donors (Lipinski definition) is 1. The Bertz CT molecular complexity index is 496. The second-order valence-electron chi connectivity index (χ2n) is 3.88. The zero-order valence-corrected chi connectivity index (χ0v) is 8.85. The second-order valence-corrected chi connectivity index (χ2v) is 3.88. The molecule has 0 radical (unpaired) electrons. The SMILES string of the molecule is c1cc(Cc2ncnc3c2CNC3)ccn1. The summed E-state index contributed by atoms with van der Waals surface area (Å²) in [6.45, 7) is 1.75. The molecule has 3 heterocycles. The molecule has 80 valence electrons. The Labute approximate surface area is 93.8 Å². The summed E-state index contributed by atoms with van der Waals surface area (Å²) in [6.07, 6.45) is 6.14. The molecule has 4 nitrogen and oxygen atoms in total. The molecule has 0 unspecified atom stereocenters. The van der Waals surface area contributed by atoms with Crippen LogP contribution in [0.3, 0.4) is 0 Å². The van der Waals surface area contributed by atoms with Crippen molar-refractivity contribution in [3.8, 4) is 0 Å². The lowest BCUT2D eigenvalue weighted by Gasteiger charge is -2.05. The van der Waals surface area contributed by atoms with Crippen molar-refractivity contribution in [1.29, 1.82) is 0 Å². The van der Waals surface area contributed by atoms with Crippen molar-refractivity contribution >= 4 is 0 Å². The Balaban J connectivity index is 1.94. The molecule has 1 aliphatic rings. The van der Waals surface area contributed by atoms with Crippen LogP contribution in [0.15, 0.2) is 30.9 Å². The summed E-state index contributed by atoms with van der Waals surface area (Å²) < 4.78 is 0. The zero-order valence-electron chi connectivity index (χ0n) is 8.85. The molecule has 0 atom stereocenters. The standard InChI is InChI=1S/C12H12N4/c1-3-13-4-2-9(1)5-11-10-6-14-7-12(10)16-8-15-11/h1-4,8,14H,5-7H2. The molecule has 0 aliphatic carbocycles. The molecule has 3 rings (SSSR count). The Kier molecular flexibility index (Phi) is 2.34. The largest absolute Gasteiger partial charge is 0.307 e. The van der Waals surface area contributed by atoms with Gasteiger partial charge in [0.2, 0.25) is 0 Å². The van der Waals surface area contributed by atoms with Crippen LogP contribution in [0.2, 0.25) is 0 Å². The summed E-state index contributed by atoms with van der Waals surface area (Å²) in [5, 5.41) is 3.30. The molecule has 0 fully saturated rings. The van der Waals surface area contributed by atoms with Gasteiger partial charge in [-0.25, -0.2) is 9.97 Å². The van der Waals surface area contributed by atoms with Gasteiger partial charge in [0.1, 0.15) is 6.33 Å². The number of nitrogens with one attached hydrogen (secondary N) is 1. The average molecular weight is 212 g/mol. The minimum absolute atomic E-state index is 0.856. The number of aromatic nitrogens is 3. The van der Waals surface area contributed by atoms with E-state index in [9.17, 15) is 0 Å². The van der Waals surface area contributed by atoms with Gasteiger partial charge in [0.05, 0.1) is 11.4 Å². The summed E-state index contributed by atoms with van der Waals surface area (Å²) in [4.78, 5) is 12.7. The van der Waals surface area contributed by atoms with Crippen LogP contribution in [-0.4, -0.2) is 15.0 Å². The van der Waals surface area contributed by atoms with Crippen molar-refractivity contribution < 1.29 is 0 Å². The van der Waals surface area contributed by atoms with Crippen LogP contribution in [0.4, 0.5) is 0 Å². The van der Waals surface area contributed by atoms with Crippen molar-refractivity contribution in [2.75, 3.05) is 0 Å². The third-order valence-corrected chi connectivity index (χ3v) is 2.84. The first-order valence-electron chi connectivity index (χ1n) is 5.35. The normalized spacial score (nSPS) is 13.8. The topological polar surface area (TPSA) is 50.7 Å². The fraction of sp³-hybridized carbons (Fsp3) is 0.250. The van der Waals surface area contributed by atoms with Crippen LogP contribution in [0.1, 0.15) is 22.5 Å². The number of pyridine rings is 1. The van der Waals surface area contributed by atoms with Gasteiger partial charge in [0, 0.05) is 37.5 Å². The van der Waals surface area contributed by atoms with Gasteiger partial charge >= 0.3 is 0 Å². The lowest BCUT2D eigenvalue weighted by atomic mass is 10.1. The predicted octanol–water partition coefficient (Wildman–Crippen LogP) is 1.07. The van der Waals surface area contributed by atoms with E-state index in [4.69, 9.17) is 0 Å². The molecule has 4 heteroatoms. The van der Waals surface area contributed by atoms with E-state index in [1.165, 1.54) is 11.1 Å². The van der Waals surface area contributed by atoms with Gasteiger partial charge in [-0.05, 0) is 17.7 Å². The smallest absolute Gasteiger partial charge is 0.116 e. The first-order chi connectivity index (χ1) is 7.93. The summed E-state index contributed by atoms with van der Waals surface area (Å²) in [5.41, 5.74) is 4.77. The zero-order chi connectivity index (χ0) is 10.8. The molecule has 0 amide bonds. The highest BCUT2D eigenvalue weighted by Crippen LogP contribution is 2.18. The summed E-state index contributed by atoms with van der Waals surface area (Å²) in [7, 11) is 0. The van der Waals surface area contributed by atoms with E-state index in [1.54, 1.807) is 6.33 Å². The Hall–Kier alpha value is -1.81. The van der Waals surface area contributed by atoms with Gasteiger partial charge in [0.25, 0.3) is 0 Å². The fourth-order valence-electron chi connectivity index (χ4n) is 2.00. The summed E-state index contributed by atoms with van der Waals surface area (Å²) in [5.74, 6) is 0. The van der Waals surface area contributed by atoms with Crippen LogP contribution < -0.4 is 5.32 Å². The molecule has 1 aliphatic heterocycles. The molecule has 0 aromatic carbocycles. The minimum atomic E-state index is 0.856. The van der Waals surface area contributed by atoms with Crippen molar-refractivity contribution in [3.63, 3.8) is 0 Å². The maximum atomic E-state index is 4.37. The Morgan fingerprint density at radius 2 is 2.00 bits per heavy atom. The van der Waals surface area contributed by atoms with Gasteiger partial charge in [0.15, 0.2) is 0 Å². The highest BCUT2D eigenvalue weighted by molar-refractivity contribution is 5.31. The van der Waals surface area contributed by atoms with E-state index in [1.807, 2.05) is 24.5 Å². The lowest BCUT2D eigenvalue weighted by Crippen LogP contribution is -2.02. The number of hydrogen-bond acceptors (Lipinski definition) is 4. The Morgan fingerprint density at radius 1 is 1.12 bits per heavy atom. The molecule has 0 bridgehead atoms. The van der Waals surface area contributed by atoms with Gasteiger partial charge < -0.3 is 5.32 Å². The van der Waals surface area contributed by atoms with Crippen molar-refractivity contribution in [2.45, 2.75) is 19.5 Å². The molecule has 2 aromatic heterocycles. The lowest BCUT2D eigenvalue weighted by molar-refractivity contribution is 0.756. The molecule has 0 spiro atoms. The van der Waals surface area contributed by atoms with E-state index in [2.05, 4.69) is 20.3 Å². The first kappa shape index (κ1) is 9.42. The number of nitrogens with zero attached hydrogens (tertiary/aromatic N) is 3. The van der Waals surface area contributed by atoms with Crippen LogP contribution in [0.25, 0.3) is 0 Å². The molecular weight excluding hydrogens is 200 g/mol. The number of fused-ring (bicyclic) bond motifs is 1. The highest BCUT2D eigenvalue weighted by atomic mass is 15.0. The van der Waals surface area contributed by atoms with Gasteiger partial charge in [-0.2, -0.15) is 0 Å². The van der Waals surface area contributed by atoms with E-state index in [-0.39, 0.29) is 0 Å². The van der Waals surface area contributed by atoms with Crippen LogP contribution >= 0.6 is 0 Å². The third-order valence-electron chi connectivity index (χ3n) is 2.84. The summed E-state index contributed by atoms with van der Waals surface area (Å²) in [6, 6.07) is 4.05. The Morgan fingerprint density at radius 3 is 2.88 bits per heavy atom. The second kappa shape index (κ2) is 3.98. The van der Waals surface area contributed by atoms with Crippen LogP contribution in [-0.2, 0) is 19.5 Å². The molecule has 0 saturated carbocycles. The van der Waals surface area contributed by atoms with Crippen molar-refractivity contribution in [2.24, 2.45) is 0 Å². The van der Waals surface area contributed by atoms with E-state index in [0.29, 0.717) is 0 Å². The average Bonchev–Trinajstić information content (AvgIpc) is 2.80. The number of rotatable bonds is 2. The minimum Gasteiger partial charge on any atom is -0.307 e. The third kappa shape index (κ3) is 1.67. The highest BCUT2D eigenvalue weighted by Gasteiger charge is 2.16. The molecule has 2 aromatic rings. The van der Waals surface area contributed by atoms with Crippen molar-refractivity contribution in [3.05, 3.63) is 53.4 Å².